The van der Waals surface area contributed by atoms with Gasteiger partial charge in [-0.2, -0.15) is 0 Å². The first kappa shape index (κ1) is 18.0. The number of carbonyl (C=O) groups excluding carboxylic acids is 2. The predicted molar refractivity (Wildman–Crippen MR) is 87.8 cm³/mol. The second-order valence-electron chi connectivity index (χ2n) is 7.55. The molecule has 0 heterocycles. The van der Waals surface area contributed by atoms with Crippen molar-refractivity contribution in [2.24, 2.45) is 5.41 Å². The second-order valence-corrected chi connectivity index (χ2v) is 7.55. The molecule has 1 aromatic rings. The zero-order valence-electron chi connectivity index (χ0n) is 14.2. The molecule has 5 heteroatoms. The minimum Gasteiger partial charge on any atom is -0.506 e. The van der Waals surface area contributed by atoms with Crippen LogP contribution in [0.2, 0.25) is 0 Å². The summed E-state index contributed by atoms with van der Waals surface area (Å²) in [6, 6.07) is 4.84. The van der Waals surface area contributed by atoms with Crippen LogP contribution < -0.4 is 10.6 Å². The van der Waals surface area contributed by atoms with Crippen molar-refractivity contribution < 1.29 is 14.7 Å². The number of phenols is 1. The lowest BCUT2D eigenvalue weighted by Gasteiger charge is -2.33. The van der Waals surface area contributed by atoms with Crippen LogP contribution in [0.25, 0.3) is 0 Å². The molecule has 5 nitrogen and oxygen atoms in total. The van der Waals surface area contributed by atoms with Crippen LogP contribution in [0.4, 0.5) is 5.69 Å². The highest BCUT2D eigenvalue weighted by atomic mass is 16.3. The summed E-state index contributed by atoms with van der Waals surface area (Å²) in [5.41, 5.74) is 0.621. The van der Waals surface area contributed by atoms with Crippen LogP contribution in [0.15, 0.2) is 18.2 Å². The Labute approximate surface area is 132 Å². The van der Waals surface area contributed by atoms with Gasteiger partial charge in [-0.3, -0.25) is 9.59 Å². The molecule has 0 saturated carbocycles. The summed E-state index contributed by atoms with van der Waals surface area (Å²) < 4.78 is 0. The van der Waals surface area contributed by atoms with E-state index in [0.717, 1.165) is 12.0 Å². The monoisotopic (exact) mass is 306 g/mol. The molecule has 22 heavy (non-hydrogen) atoms. The summed E-state index contributed by atoms with van der Waals surface area (Å²) in [5, 5.41) is 14.9. The van der Waals surface area contributed by atoms with E-state index in [1.165, 1.54) is 6.07 Å². The fourth-order valence-corrected chi connectivity index (χ4v) is 2.66. The van der Waals surface area contributed by atoms with Gasteiger partial charge in [0, 0.05) is 5.54 Å². The van der Waals surface area contributed by atoms with Crippen molar-refractivity contribution in [2.75, 3.05) is 5.32 Å². The molecule has 0 aliphatic heterocycles. The number of aryl methyl sites for hydroxylation is 1. The molecular formula is C17H26N2O3. The maximum Gasteiger partial charge on any atom is 0.313 e. The Kier molecular flexibility index (Phi) is 5.22. The number of nitrogens with one attached hydrogen (secondary N) is 2. The maximum atomic E-state index is 12.0. The Morgan fingerprint density at radius 1 is 1.09 bits per heavy atom. The molecule has 2 amide bonds. The van der Waals surface area contributed by atoms with Crippen LogP contribution >= 0.6 is 0 Å². The number of phenolic OH excluding ortho intramolecular Hbond substituents is 1. The molecule has 0 fully saturated rings. The summed E-state index contributed by atoms with van der Waals surface area (Å²) >= 11 is 0. The summed E-state index contributed by atoms with van der Waals surface area (Å²) in [6.07, 6.45) is 0.731. The van der Waals surface area contributed by atoms with Gasteiger partial charge in [-0.1, -0.05) is 26.8 Å². The average Bonchev–Trinajstić information content (AvgIpc) is 2.28. The average molecular weight is 306 g/mol. The summed E-state index contributed by atoms with van der Waals surface area (Å²) in [4.78, 5) is 24.0. The number of carbonyl (C=O) groups is 2. The molecular weight excluding hydrogens is 280 g/mol. The van der Waals surface area contributed by atoms with E-state index in [1.54, 1.807) is 12.1 Å². The van der Waals surface area contributed by atoms with Crippen molar-refractivity contribution in [3.63, 3.8) is 0 Å². The van der Waals surface area contributed by atoms with Gasteiger partial charge >= 0.3 is 11.8 Å². The van der Waals surface area contributed by atoms with Crippen molar-refractivity contribution in [1.29, 1.82) is 0 Å². The molecule has 0 spiro atoms. The topological polar surface area (TPSA) is 78.4 Å². The lowest BCUT2D eigenvalue weighted by molar-refractivity contribution is -0.137. The van der Waals surface area contributed by atoms with Crippen LogP contribution in [0, 0.1) is 12.3 Å². The molecule has 1 aromatic carbocycles. The van der Waals surface area contributed by atoms with Gasteiger partial charge < -0.3 is 15.7 Å². The Balaban J connectivity index is 2.71. The van der Waals surface area contributed by atoms with Gasteiger partial charge in [0.05, 0.1) is 5.69 Å². The van der Waals surface area contributed by atoms with E-state index in [0.29, 0.717) is 0 Å². The van der Waals surface area contributed by atoms with Crippen LogP contribution in [0.1, 0.15) is 46.6 Å². The highest BCUT2D eigenvalue weighted by Gasteiger charge is 2.29. The van der Waals surface area contributed by atoms with Crippen LogP contribution in [-0.4, -0.2) is 22.5 Å². The minimum absolute atomic E-state index is 0.0302. The van der Waals surface area contributed by atoms with Crippen molar-refractivity contribution >= 4 is 17.5 Å². The Morgan fingerprint density at radius 3 is 2.18 bits per heavy atom. The molecule has 1 rings (SSSR count). The normalized spacial score (nSPS) is 11.9. The number of amides is 2. The molecule has 0 aliphatic carbocycles. The Bertz CT molecular complexity index is 572. The minimum atomic E-state index is -0.791. The van der Waals surface area contributed by atoms with E-state index < -0.39 is 17.4 Å². The fraction of sp³-hybridized carbons (Fsp3) is 0.529. The van der Waals surface area contributed by atoms with Crippen molar-refractivity contribution in [3.8, 4) is 5.75 Å². The Morgan fingerprint density at radius 2 is 1.68 bits per heavy atom. The van der Waals surface area contributed by atoms with Gasteiger partial charge in [-0.25, -0.2) is 0 Å². The number of rotatable bonds is 3. The quantitative estimate of drug-likeness (QED) is 0.593. The summed E-state index contributed by atoms with van der Waals surface area (Å²) in [6.45, 7) is 11.8. The molecule has 0 saturated heterocycles. The number of hydrogen-bond acceptors (Lipinski definition) is 3. The van der Waals surface area contributed by atoms with Crippen LogP contribution in [0.3, 0.4) is 0 Å². The number of benzene rings is 1. The van der Waals surface area contributed by atoms with Crippen LogP contribution in [0.5, 0.6) is 5.75 Å². The van der Waals surface area contributed by atoms with Gasteiger partial charge in [0.1, 0.15) is 5.75 Å². The van der Waals surface area contributed by atoms with E-state index in [1.807, 2.05) is 20.8 Å². The van der Waals surface area contributed by atoms with Gasteiger partial charge in [0.2, 0.25) is 0 Å². The Hall–Kier alpha value is -2.04. The lowest BCUT2D eigenvalue weighted by Crippen LogP contribution is -2.49. The zero-order chi connectivity index (χ0) is 17.1. The number of aromatic hydroxyl groups is 1. The third-order valence-corrected chi connectivity index (χ3v) is 3.03. The van der Waals surface area contributed by atoms with E-state index in [-0.39, 0.29) is 16.9 Å². The van der Waals surface area contributed by atoms with Gasteiger partial charge in [-0.15, -0.1) is 0 Å². The molecule has 0 atom stereocenters. The largest absolute Gasteiger partial charge is 0.506 e. The first-order chi connectivity index (χ1) is 9.89. The molecule has 0 bridgehead atoms. The standard InChI is InChI=1S/C17H26N2O3/c1-11-7-8-12(13(20)9-11)18-14(21)15(22)19-17(5,6)10-16(2,3)4/h7-9,20H,10H2,1-6H3,(H,18,21)(H,19,22). The van der Waals surface area contributed by atoms with E-state index >= 15 is 0 Å². The molecule has 0 aliphatic rings. The SMILES string of the molecule is Cc1ccc(NC(=O)C(=O)NC(C)(C)CC(C)(C)C)c(O)c1. The third kappa shape index (κ3) is 5.76. The van der Waals surface area contributed by atoms with Crippen LogP contribution in [-0.2, 0) is 9.59 Å². The predicted octanol–water partition coefficient (Wildman–Crippen LogP) is 2.97. The molecule has 0 aromatic heterocycles. The third-order valence-electron chi connectivity index (χ3n) is 3.03. The smallest absolute Gasteiger partial charge is 0.313 e. The summed E-state index contributed by atoms with van der Waals surface area (Å²) in [5.74, 6) is -1.56. The van der Waals surface area contributed by atoms with E-state index in [9.17, 15) is 14.7 Å². The first-order valence-corrected chi connectivity index (χ1v) is 7.33. The molecule has 3 N–H and O–H groups in total. The first-order valence-electron chi connectivity index (χ1n) is 7.33. The molecule has 0 unspecified atom stereocenters. The van der Waals surface area contributed by atoms with Gasteiger partial charge in [0.25, 0.3) is 0 Å². The molecule has 122 valence electrons. The van der Waals surface area contributed by atoms with Crippen molar-refractivity contribution in [1.82, 2.24) is 5.32 Å². The van der Waals surface area contributed by atoms with Crippen molar-refractivity contribution in [2.45, 2.75) is 53.5 Å². The zero-order valence-corrected chi connectivity index (χ0v) is 14.2. The van der Waals surface area contributed by atoms with Gasteiger partial charge in [-0.05, 0) is 50.3 Å². The molecule has 0 radical (unpaired) electrons. The van der Waals surface area contributed by atoms with E-state index in [2.05, 4.69) is 31.4 Å². The fourth-order valence-electron chi connectivity index (χ4n) is 2.66. The summed E-state index contributed by atoms with van der Waals surface area (Å²) in [7, 11) is 0. The van der Waals surface area contributed by atoms with Crippen molar-refractivity contribution in [3.05, 3.63) is 23.8 Å². The maximum absolute atomic E-state index is 12.0. The lowest BCUT2D eigenvalue weighted by atomic mass is 9.82. The number of anilines is 1. The second kappa shape index (κ2) is 6.38. The highest BCUT2D eigenvalue weighted by Crippen LogP contribution is 2.27. The van der Waals surface area contributed by atoms with E-state index in [4.69, 9.17) is 0 Å². The number of hydrogen-bond donors (Lipinski definition) is 3. The van der Waals surface area contributed by atoms with Gasteiger partial charge in [0.15, 0.2) is 0 Å². The highest BCUT2D eigenvalue weighted by molar-refractivity contribution is 6.39.